The van der Waals surface area contributed by atoms with E-state index in [-0.39, 0.29) is 29.9 Å². The van der Waals surface area contributed by atoms with Crippen LogP contribution in [0, 0.1) is 18.3 Å². The highest BCUT2D eigenvalue weighted by molar-refractivity contribution is 5.94. The van der Waals surface area contributed by atoms with Gasteiger partial charge in [0.1, 0.15) is 5.75 Å². The molecule has 0 aromatic heterocycles. The molecule has 4 rings (SSSR count). The Labute approximate surface area is 202 Å². The van der Waals surface area contributed by atoms with Gasteiger partial charge >= 0.3 is 0 Å². The molecule has 1 aliphatic heterocycles. The first-order valence-corrected chi connectivity index (χ1v) is 12.2. The Morgan fingerprint density at radius 2 is 1.94 bits per heavy atom. The SMILES string of the molecule is C#CC(=O)N1[C@@H](c2ccc(NC(=O)C3CCC3)cc2)c2ccc(OC)cc2C[C@@H]1NCCCC. The second kappa shape index (κ2) is 10.8. The molecular formula is C28H33N3O3. The van der Waals surface area contributed by atoms with Crippen LogP contribution in [0.15, 0.2) is 42.5 Å². The highest BCUT2D eigenvalue weighted by Crippen LogP contribution is 2.39. The molecule has 1 saturated carbocycles. The molecule has 2 aromatic carbocycles. The first-order chi connectivity index (χ1) is 16.5. The molecule has 6 heteroatoms. The molecule has 2 aliphatic rings. The van der Waals surface area contributed by atoms with Crippen molar-refractivity contribution >= 4 is 17.5 Å². The summed E-state index contributed by atoms with van der Waals surface area (Å²) in [6.45, 7) is 2.94. The number of hydrogen-bond donors (Lipinski definition) is 2. The molecule has 2 aromatic rings. The minimum absolute atomic E-state index is 0.0819. The zero-order chi connectivity index (χ0) is 24.1. The van der Waals surface area contributed by atoms with Gasteiger partial charge in [0.25, 0.3) is 5.91 Å². The maximum Gasteiger partial charge on any atom is 0.300 e. The predicted octanol–water partition coefficient (Wildman–Crippen LogP) is 4.26. The van der Waals surface area contributed by atoms with E-state index in [0.29, 0.717) is 6.42 Å². The number of hydrogen-bond acceptors (Lipinski definition) is 4. The van der Waals surface area contributed by atoms with E-state index in [9.17, 15) is 9.59 Å². The molecular weight excluding hydrogens is 426 g/mol. The highest BCUT2D eigenvalue weighted by atomic mass is 16.5. The Bertz CT molecular complexity index is 1070. The van der Waals surface area contributed by atoms with E-state index in [1.54, 1.807) is 12.0 Å². The topological polar surface area (TPSA) is 70.7 Å². The summed E-state index contributed by atoms with van der Waals surface area (Å²) in [5.41, 5.74) is 3.86. The molecule has 0 bridgehead atoms. The summed E-state index contributed by atoms with van der Waals surface area (Å²) >= 11 is 0. The van der Waals surface area contributed by atoms with Gasteiger partial charge in [0.2, 0.25) is 5.91 Å². The molecule has 34 heavy (non-hydrogen) atoms. The number of anilines is 1. The van der Waals surface area contributed by atoms with Crippen molar-refractivity contribution in [2.75, 3.05) is 19.0 Å². The number of benzene rings is 2. The number of rotatable bonds is 8. The second-order valence-corrected chi connectivity index (χ2v) is 9.09. The standard InChI is InChI=1S/C28H33N3O3/c1-4-6-16-29-25-18-21-17-23(34-3)14-15-24(21)27(31(25)26(32)5-2)19-10-12-22(13-11-19)30-28(33)20-8-7-9-20/h2,10-15,17,20,25,27,29H,4,6-9,16,18H2,1,3H3,(H,30,33)/t25-,27+/m1/s1. The summed E-state index contributed by atoms with van der Waals surface area (Å²) in [6.07, 6.45) is 11.2. The van der Waals surface area contributed by atoms with Gasteiger partial charge in [0.05, 0.1) is 19.3 Å². The van der Waals surface area contributed by atoms with E-state index in [0.717, 1.165) is 66.8 Å². The zero-order valence-corrected chi connectivity index (χ0v) is 20.0. The number of unbranched alkanes of at least 4 members (excludes halogenated alkanes) is 1. The molecule has 0 unspecified atom stereocenters. The maximum atomic E-state index is 13.0. The molecule has 1 fully saturated rings. The van der Waals surface area contributed by atoms with E-state index >= 15 is 0 Å². The van der Waals surface area contributed by atoms with Crippen molar-refractivity contribution in [2.24, 2.45) is 5.92 Å². The lowest BCUT2D eigenvalue weighted by molar-refractivity contribution is -0.130. The van der Waals surface area contributed by atoms with Crippen LogP contribution in [0.3, 0.4) is 0 Å². The molecule has 0 radical (unpaired) electrons. The van der Waals surface area contributed by atoms with Gasteiger partial charge in [0.15, 0.2) is 0 Å². The van der Waals surface area contributed by atoms with Crippen molar-refractivity contribution < 1.29 is 14.3 Å². The minimum Gasteiger partial charge on any atom is -0.497 e. The number of ether oxygens (including phenoxy) is 1. The quantitative estimate of drug-likeness (QED) is 0.457. The number of nitrogens with one attached hydrogen (secondary N) is 2. The van der Waals surface area contributed by atoms with E-state index in [1.807, 2.05) is 42.5 Å². The van der Waals surface area contributed by atoms with Gasteiger partial charge in [-0.05, 0) is 72.7 Å². The third-order valence-electron chi connectivity index (χ3n) is 6.91. The molecule has 1 heterocycles. The fourth-order valence-electron chi connectivity index (χ4n) is 4.74. The van der Waals surface area contributed by atoms with E-state index in [1.165, 1.54) is 0 Å². The number of carbonyl (C=O) groups is 2. The first kappa shape index (κ1) is 23.8. The van der Waals surface area contributed by atoms with Gasteiger partial charge in [0, 0.05) is 18.0 Å². The van der Waals surface area contributed by atoms with Gasteiger partial charge in [-0.2, -0.15) is 0 Å². The summed E-state index contributed by atoms with van der Waals surface area (Å²) < 4.78 is 5.46. The van der Waals surface area contributed by atoms with Gasteiger partial charge < -0.3 is 15.0 Å². The highest BCUT2D eigenvalue weighted by Gasteiger charge is 2.38. The third-order valence-corrected chi connectivity index (χ3v) is 6.91. The Hall–Kier alpha value is -3.30. The third kappa shape index (κ3) is 4.95. The summed E-state index contributed by atoms with van der Waals surface area (Å²) in [6, 6.07) is 13.4. The smallest absolute Gasteiger partial charge is 0.300 e. The van der Waals surface area contributed by atoms with E-state index in [4.69, 9.17) is 11.2 Å². The largest absolute Gasteiger partial charge is 0.497 e. The predicted molar refractivity (Wildman–Crippen MR) is 133 cm³/mol. The summed E-state index contributed by atoms with van der Waals surface area (Å²) in [7, 11) is 1.66. The Morgan fingerprint density at radius 3 is 2.56 bits per heavy atom. The minimum atomic E-state index is -0.345. The van der Waals surface area contributed by atoms with E-state index < -0.39 is 0 Å². The first-order valence-electron chi connectivity index (χ1n) is 12.2. The number of methoxy groups -OCH3 is 1. The van der Waals surface area contributed by atoms with Crippen molar-refractivity contribution in [3.05, 3.63) is 59.2 Å². The van der Waals surface area contributed by atoms with Crippen LogP contribution < -0.4 is 15.4 Å². The van der Waals surface area contributed by atoms with Crippen LogP contribution in [0.25, 0.3) is 0 Å². The molecule has 2 atom stereocenters. The van der Waals surface area contributed by atoms with Crippen molar-refractivity contribution in [1.29, 1.82) is 0 Å². The lowest BCUT2D eigenvalue weighted by Crippen LogP contribution is -2.54. The molecule has 0 spiro atoms. The fourth-order valence-corrected chi connectivity index (χ4v) is 4.74. The second-order valence-electron chi connectivity index (χ2n) is 9.09. The number of nitrogens with zero attached hydrogens (tertiary/aromatic N) is 1. The van der Waals surface area contributed by atoms with Crippen LogP contribution in [0.1, 0.15) is 61.8 Å². The molecule has 2 N–H and O–H groups in total. The monoisotopic (exact) mass is 459 g/mol. The fraction of sp³-hybridized carbons (Fsp3) is 0.429. The number of terminal acetylenes is 1. The van der Waals surface area contributed by atoms with Crippen molar-refractivity contribution in [1.82, 2.24) is 10.2 Å². The molecule has 0 saturated heterocycles. The van der Waals surface area contributed by atoms with Gasteiger partial charge in [-0.3, -0.25) is 14.9 Å². The van der Waals surface area contributed by atoms with Gasteiger partial charge in [-0.1, -0.05) is 38.0 Å². The van der Waals surface area contributed by atoms with Gasteiger partial charge in [-0.15, -0.1) is 6.42 Å². The van der Waals surface area contributed by atoms with Gasteiger partial charge in [-0.25, -0.2) is 0 Å². The van der Waals surface area contributed by atoms with Crippen LogP contribution in [0.5, 0.6) is 5.75 Å². The maximum absolute atomic E-state index is 13.0. The van der Waals surface area contributed by atoms with Crippen LogP contribution in [0.2, 0.25) is 0 Å². The number of carbonyl (C=O) groups excluding carboxylic acids is 2. The lowest BCUT2D eigenvalue weighted by Gasteiger charge is -2.43. The van der Waals surface area contributed by atoms with Crippen LogP contribution >= 0.6 is 0 Å². The van der Waals surface area contributed by atoms with Crippen LogP contribution in [0.4, 0.5) is 5.69 Å². The van der Waals surface area contributed by atoms with Crippen molar-refractivity contribution in [2.45, 2.75) is 57.7 Å². The lowest BCUT2D eigenvalue weighted by atomic mass is 9.84. The molecule has 6 nitrogen and oxygen atoms in total. The Balaban J connectivity index is 1.68. The average Bonchev–Trinajstić information content (AvgIpc) is 2.82. The average molecular weight is 460 g/mol. The van der Waals surface area contributed by atoms with Crippen LogP contribution in [-0.4, -0.2) is 36.5 Å². The van der Waals surface area contributed by atoms with E-state index in [2.05, 4.69) is 23.5 Å². The number of amides is 2. The van der Waals surface area contributed by atoms with Crippen molar-refractivity contribution in [3.63, 3.8) is 0 Å². The Morgan fingerprint density at radius 1 is 1.18 bits per heavy atom. The Kier molecular flexibility index (Phi) is 7.54. The zero-order valence-electron chi connectivity index (χ0n) is 20.0. The summed E-state index contributed by atoms with van der Waals surface area (Å²) in [5.74, 6) is 2.98. The number of fused-ring (bicyclic) bond motifs is 1. The molecule has 178 valence electrons. The van der Waals surface area contributed by atoms with Crippen molar-refractivity contribution in [3.8, 4) is 18.1 Å². The van der Waals surface area contributed by atoms with Crippen LogP contribution in [-0.2, 0) is 16.0 Å². The molecule has 2 amide bonds. The summed E-state index contributed by atoms with van der Waals surface area (Å²) in [5, 5.41) is 6.56. The molecule has 1 aliphatic carbocycles. The summed E-state index contributed by atoms with van der Waals surface area (Å²) in [4.78, 5) is 27.2. The normalized spacial score (nSPS) is 19.5.